The molecule has 1 atom stereocenters. The van der Waals surface area contributed by atoms with Gasteiger partial charge in [0.25, 0.3) is 0 Å². The molecule has 2 aromatic rings. The number of carbonyl (C=O) groups is 2. The van der Waals surface area contributed by atoms with Crippen LogP contribution in [-0.4, -0.2) is 34.7 Å². The fourth-order valence-electron chi connectivity index (χ4n) is 3.08. The summed E-state index contributed by atoms with van der Waals surface area (Å²) in [7, 11) is 3.28. The monoisotopic (exact) mass is 341 g/mol. The molecule has 1 aromatic heterocycles. The molecule has 0 saturated carbocycles. The van der Waals surface area contributed by atoms with Crippen LogP contribution in [0.1, 0.15) is 30.9 Å². The van der Waals surface area contributed by atoms with Crippen LogP contribution in [0.4, 0.5) is 0 Å². The summed E-state index contributed by atoms with van der Waals surface area (Å²) in [6.07, 6.45) is 1.12. The van der Waals surface area contributed by atoms with Gasteiger partial charge in [-0.3, -0.25) is 24.0 Å². The molecule has 2 heterocycles. The second-order valence-corrected chi connectivity index (χ2v) is 5.90. The highest BCUT2D eigenvalue weighted by molar-refractivity contribution is 6.00. The maximum atomic E-state index is 12.7. The number of nitrogens with zero attached hydrogens (tertiary/aromatic N) is 2. The van der Waals surface area contributed by atoms with Gasteiger partial charge in [0.15, 0.2) is 0 Å². The fourth-order valence-corrected chi connectivity index (χ4v) is 3.08. The third-order valence-corrected chi connectivity index (χ3v) is 4.28. The molecule has 130 valence electrons. The second kappa shape index (κ2) is 6.95. The van der Waals surface area contributed by atoms with Crippen molar-refractivity contribution in [3.63, 3.8) is 0 Å². The molecule has 1 unspecified atom stereocenters. The summed E-state index contributed by atoms with van der Waals surface area (Å²) in [6, 6.07) is 4.76. The number of para-hydroxylation sites is 1. The minimum Gasteiger partial charge on any atom is -0.384 e. The molecule has 2 amide bonds. The van der Waals surface area contributed by atoms with Crippen molar-refractivity contribution < 1.29 is 14.3 Å². The van der Waals surface area contributed by atoms with Crippen molar-refractivity contribution in [3.8, 4) is 11.8 Å². The molecule has 0 bridgehead atoms. The molecule has 7 heteroatoms. The van der Waals surface area contributed by atoms with Crippen LogP contribution in [0.25, 0.3) is 11.0 Å². The molecule has 0 radical (unpaired) electrons. The number of aryl methyl sites for hydroxylation is 1. The molecule has 1 N–H and O–H groups in total. The zero-order valence-corrected chi connectivity index (χ0v) is 14.2. The smallest absolute Gasteiger partial charge is 0.329 e. The Morgan fingerprint density at radius 3 is 2.84 bits per heavy atom. The molecule has 0 aliphatic carbocycles. The predicted molar refractivity (Wildman–Crippen MR) is 92.0 cm³/mol. The quantitative estimate of drug-likeness (QED) is 0.506. The van der Waals surface area contributed by atoms with Crippen molar-refractivity contribution in [1.29, 1.82) is 0 Å². The Morgan fingerprint density at radius 2 is 2.12 bits per heavy atom. The number of ether oxygens (including phenoxy) is 1. The summed E-state index contributed by atoms with van der Waals surface area (Å²) >= 11 is 0. The number of rotatable bonds is 3. The molecule has 1 fully saturated rings. The normalized spacial score (nSPS) is 17.3. The third-order valence-electron chi connectivity index (χ3n) is 4.28. The summed E-state index contributed by atoms with van der Waals surface area (Å²) < 4.78 is 7.94. The van der Waals surface area contributed by atoms with Crippen LogP contribution in [-0.2, 0) is 21.4 Å². The van der Waals surface area contributed by atoms with Crippen LogP contribution in [0.5, 0.6) is 0 Å². The molecular weight excluding hydrogens is 322 g/mol. The predicted octanol–water partition coefficient (Wildman–Crippen LogP) is 0.706. The summed E-state index contributed by atoms with van der Waals surface area (Å²) in [4.78, 5) is 36.3. The number of aromatic nitrogens is 2. The highest BCUT2D eigenvalue weighted by atomic mass is 16.5. The lowest BCUT2D eigenvalue weighted by atomic mass is 10.1. The zero-order chi connectivity index (χ0) is 18.0. The van der Waals surface area contributed by atoms with E-state index in [0.717, 1.165) is 5.56 Å². The van der Waals surface area contributed by atoms with Crippen molar-refractivity contribution in [2.75, 3.05) is 13.7 Å². The maximum Gasteiger partial charge on any atom is 0.329 e. The topological polar surface area (TPSA) is 82.3 Å². The first-order chi connectivity index (χ1) is 12.0. The minimum atomic E-state index is -0.689. The van der Waals surface area contributed by atoms with E-state index < -0.39 is 11.9 Å². The van der Waals surface area contributed by atoms with Gasteiger partial charge in [-0.15, -0.1) is 0 Å². The van der Waals surface area contributed by atoms with Gasteiger partial charge in [-0.1, -0.05) is 17.9 Å². The lowest BCUT2D eigenvalue weighted by Gasteiger charge is -2.21. The van der Waals surface area contributed by atoms with E-state index in [2.05, 4.69) is 17.2 Å². The summed E-state index contributed by atoms with van der Waals surface area (Å²) in [5, 5.41) is 2.30. The van der Waals surface area contributed by atoms with Crippen molar-refractivity contribution in [2.24, 2.45) is 7.05 Å². The molecule has 25 heavy (non-hydrogen) atoms. The first kappa shape index (κ1) is 17.0. The van der Waals surface area contributed by atoms with E-state index in [4.69, 9.17) is 4.74 Å². The largest absolute Gasteiger partial charge is 0.384 e. The van der Waals surface area contributed by atoms with Gasteiger partial charge in [0.2, 0.25) is 11.8 Å². The van der Waals surface area contributed by atoms with Crippen LogP contribution in [0.2, 0.25) is 0 Å². The molecule has 1 saturated heterocycles. The van der Waals surface area contributed by atoms with E-state index in [1.807, 2.05) is 12.1 Å². The number of hydrogen-bond donors (Lipinski definition) is 1. The first-order valence-corrected chi connectivity index (χ1v) is 8.06. The highest BCUT2D eigenvalue weighted by Crippen LogP contribution is 2.24. The fraction of sp³-hybridized carbons (Fsp3) is 0.389. The van der Waals surface area contributed by atoms with E-state index in [1.54, 1.807) is 20.2 Å². The molecule has 7 nitrogen and oxygen atoms in total. The molecule has 1 aliphatic rings. The zero-order valence-electron chi connectivity index (χ0n) is 14.2. The van der Waals surface area contributed by atoms with E-state index >= 15 is 0 Å². The number of imidazole rings is 1. The number of carbonyl (C=O) groups excluding carboxylic acids is 2. The first-order valence-electron chi connectivity index (χ1n) is 8.06. The van der Waals surface area contributed by atoms with Crippen LogP contribution in [0.3, 0.4) is 0 Å². The number of hydrogen-bond acceptors (Lipinski definition) is 4. The van der Waals surface area contributed by atoms with Gasteiger partial charge in [-0.2, -0.15) is 0 Å². The van der Waals surface area contributed by atoms with E-state index in [0.29, 0.717) is 30.5 Å². The van der Waals surface area contributed by atoms with Crippen LogP contribution in [0.15, 0.2) is 23.0 Å². The van der Waals surface area contributed by atoms with E-state index in [1.165, 1.54) is 9.13 Å². The average Bonchev–Trinajstić information content (AvgIpc) is 2.84. The number of methoxy groups -OCH3 is 1. The van der Waals surface area contributed by atoms with Crippen LogP contribution >= 0.6 is 0 Å². The van der Waals surface area contributed by atoms with Gasteiger partial charge in [-0.25, -0.2) is 4.79 Å². The number of imide groups is 1. The summed E-state index contributed by atoms with van der Waals surface area (Å²) in [5.41, 5.74) is 1.75. The van der Waals surface area contributed by atoms with E-state index in [9.17, 15) is 14.4 Å². The molecule has 3 rings (SSSR count). The molecule has 1 aromatic carbocycles. The number of nitrogens with one attached hydrogen (secondary N) is 1. The maximum absolute atomic E-state index is 12.7. The van der Waals surface area contributed by atoms with Crippen molar-refractivity contribution in [1.82, 2.24) is 14.5 Å². The molecular formula is C18H19N3O4. The van der Waals surface area contributed by atoms with Gasteiger partial charge in [0.1, 0.15) is 6.04 Å². The van der Waals surface area contributed by atoms with Crippen LogP contribution < -0.4 is 11.0 Å². The van der Waals surface area contributed by atoms with Crippen molar-refractivity contribution in [3.05, 3.63) is 34.2 Å². The lowest BCUT2D eigenvalue weighted by molar-refractivity contribution is -0.135. The number of fused-ring (bicyclic) bond motifs is 1. The SMILES string of the molecule is COCCC#Cc1cccc2c1n(C)c(=O)n2C1CCC(=O)NC1=O. The molecule has 0 spiro atoms. The van der Waals surface area contributed by atoms with Gasteiger partial charge in [0.05, 0.1) is 23.2 Å². The Bertz CT molecular complexity index is 958. The third kappa shape index (κ3) is 3.08. The highest BCUT2D eigenvalue weighted by Gasteiger charge is 2.31. The standard InChI is InChI=1S/C18H19N3O4/c1-20-16-12(6-3-4-11-25-2)7-5-8-13(16)21(18(20)24)14-9-10-15(22)19-17(14)23/h5,7-8,14H,4,9-11H2,1-2H3,(H,19,22,23). The Hall–Kier alpha value is -2.85. The average molecular weight is 341 g/mol. The van der Waals surface area contributed by atoms with Crippen LogP contribution in [0, 0.1) is 11.8 Å². The Morgan fingerprint density at radius 1 is 1.32 bits per heavy atom. The summed E-state index contributed by atoms with van der Waals surface area (Å²) in [5.74, 6) is 5.34. The molecule has 1 aliphatic heterocycles. The Balaban J connectivity index is 2.11. The number of benzene rings is 1. The summed E-state index contributed by atoms with van der Waals surface area (Å²) in [6.45, 7) is 0.541. The number of piperidine rings is 1. The van der Waals surface area contributed by atoms with Gasteiger partial charge in [-0.05, 0) is 18.6 Å². The Kier molecular flexibility index (Phi) is 4.72. The van der Waals surface area contributed by atoms with Crippen molar-refractivity contribution >= 4 is 22.8 Å². The Labute approximate surface area is 144 Å². The second-order valence-electron chi connectivity index (χ2n) is 5.90. The van der Waals surface area contributed by atoms with Gasteiger partial charge < -0.3 is 4.74 Å². The van der Waals surface area contributed by atoms with Gasteiger partial charge >= 0.3 is 5.69 Å². The van der Waals surface area contributed by atoms with Crippen molar-refractivity contribution in [2.45, 2.75) is 25.3 Å². The minimum absolute atomic E-state index is 0.218. The lowest BCUT2D eigenvalue weighted by Crippen LogP contribution is -2.44. The number of amides is 2. The van der Waals surface area contributed by atoms with Gasteiger partial charge in [0, 0.05) is 27.0 Å². The van der Waals surface area contributed by atoms with E-state index in [-0.39, 0.29) is 18.0 Å².